The van der Waals surface area contributed by atoms with E-state index in [-0.39, 0.29) is 5.54 Å². The molecular weight excluding hydrogens is 386 g/mol. The second-order valence-corrected chi connectivity index (χ2v) is 8.72. The zero-order valence-electron chi connectivity index (χ0n) is 17.5. The van der Waals surface area contributed by atoms with Crippen molar-refractivity contribution in [2.45, 2.75) is 24.8 Å². The third-order valence-corrected chi connectivity index (χ3v) is 6.73. The summed E-state index contributed by atoms with van der Waals surface area (Å²) < 4.78 is 0. The van der Waals surface area contributed by atoms with Gasteiger partial charge in [0.2, 0.25) is 0 Å². The number of hydrogen-bond donors (Lipinski definition) is 3. The minimum absolute atomic E-state index is 0.0938. The Balaban J connectivity index is 1.31. The molecule has 1 aliphatic carbocycles. The van der Waals surface area contributed by atoms with Gasteiger partial charge in [0.15, 0.2) is 11.6 Å². The fraction of sp³-hybridized carbons (Fsp3) is 0.292. The topological polar surface area (TPSA) is 95.8 Å². The highest BCUT2D eigenvalue weighted by atomic mass is 15.3. The van der Waals surface area contributed by atoms with Crippen molar-refractivity contribution in [1.29, 1.82) is 0 Å². The van der Waals surface area contributed by atoms with E-state index in [1.54, 1.807) is 6.20 Å². The van der Waals surface area contributed by atoms with Crippen molar-refractivity contribution >= 4 is 22.5 Å². The monoisotopic (exact) mass is 411 g/mol. The average Bonchev–Trinajstić information content (AvgIpc) is 3.36. The number of H-pyrrole nitrogens is 1. The van der Waals surface area contributed by atoms with Crippen LogP contribution in [0.2, 0.25) is 0 Å². The fourth-order valence-corrected chi connectivity index (χ4v) is 4.95. The molecule has 0 bridgehead atoms. The standard InChI is InChI=1S/C24H25N7/c1-15-18-11-17(7-8-20(18)30-29-15)21-13-26-22(25)23(28-21)31-10-9-27-24(14-31)12-19(24)16-5-3-2-4-6-16/h2-8,11,13,19,27H,9-10,12,14H2,1H3,(H2,25,26)(H,29,30)/t19-,24?/m1/s1. The van der Waals surface area contributed by atoms with E-state index in [4.69, 9.17) is 10.7 Å². The number of piperazine rings is 1. The first-order chi connectivity index (χ1) is 15.1. The minimum atomic E-state index is 0.0938. The molecular formula is C24H25N7. The zero-order chi connectivity index (χ0) is 21.0. The van der Waals surface area contributed by atoms with Crippen molar-refractivity contribution in [3.8, 4) is 11.3 Å². The maximum Gasteiger partial charge on any atom is 0.172 e. The van der Waals surface area contributed by atoms with Gasteiger partial charge < -0.3 is 16.0 Å². The van der Waals surface area contributed by atoms with Crippen LogP contribution in [-0.4, -0.2) is 45.3 Å². The van der Waals surface area contributed by atoms with Crippen LogP contribution in [0.25, 0.3) is 22.2 Å². The number of anilines is 2. The lowest BCUT2D eigenvalue weighted by Crippen LogP contribution is -2.54. The fourth-order valence-electron chi connectivity index (χ4n) is 4.95. The van der Waals surface area contributed by atoms with E-state index in [1.165, 1.54) is 5.56 Å². The van der Waals surface area contributed by atoms with Gasteiger partial charge in [-0.1, -0.05) is 36.4 Å². The van der Waals surface area contributed by atoms with E-state index >= 15 is 0 Å². The van der Waals surface area contributed by atoms with Gasteiger partial charge in [0.25, 0.3) is 0 Å². The largest absolute Gasteiger partial charge is 0.381 e. The van der Waals surface area contributed by atoms with E-state index < -0.39 is 0 Å². The first-order valence-corrected chi connectivity index (χ1v) is 10.8. The van der Waals surface area contributed by atoms with Crippen molar-refractivity contribution in [2.75, 3.05) is 30.3 Å². The Kier molecular flexibility index (Phi) is 4.01. The summed E-state index contributed by atoms with van der Waals surface area (Å²) in [6.07, 6.45) is 2.90. The lowest BCUT2D eigenvalue weighted by Gasteiger charge is -2.36. The number of aromatic nitrogens is 4. The van der Waals surface area contributed by atoms with Crippen molar-refractivity contribution in [3.05, 3.63) is 66.0 Å². The second kappa shape index (κ2) is 6.78. The van der Waals surface area contributed by atoms with Crippen LogP contribution < -0.4 is 16.0 Å². The van der Waals surface area contributed by atoms with Crippen LogP contribution in [0.5, 0.6) is 0 Å². The predicted octanol–water partition coefficient (Wildman–Crippen LogP) is 3.25. The van der Waals surface area contributed by atoms with Crippen LogP contribution >= 0.6 is 0 Å². The third kappa shape index (κ3) is 3.04. The van der Waals surface area contributed by atoms with Crippen LogP contribution in [0.15, 0.2) is 54.7 Å². The first-order valence-electron chi connectivity index (χ1n) is 10.8. The van der Waals surface area contributed by atoms with Crippen molar-refractivity contribution in [2.24, 2.45) is 0 Å². The average molecular weight is 412 g/mol. The normalized spacial score (nSPS) is 22.9. The summed E-state index contributed by atoms with van der Waals surface area (Å²) in [7, 11) is 0. The molecule has 2 atom stereocenters. The Labute approximate surface area is 180 Å². The third-order valence-electron chi connectivity index (χ3n) is 6.73. The number of rotatable bonds is 3. The number of fused-ring (bicyclic) bond motifs is 1. The van der Waals surface area contributed by atoms with Crippen LogP contribution in [0.3, 0.4) is 0 Å². The molecule has 2 aromatic heterocycles. The summed E-state index contributed by atoms with van der Waals surface area (Å²) in [5, 5.41) is 12.2. The molecule has 156 valence electrons. The van der Waals surface area contributed by atoms with E-state index in [0.29, 0.717) is 11.7 Å². The summed E-state index contributed by atoms with van der Waals surface area (Å²) in [4.78, 5) is 11.8. The number of nitrogens with two attached hydrogens (primary N) is 1. The van der Waals surface area contributed by atoms with Crippen molar-refractivity contribution in [1.82, 2.24) is 25.5 Å². The van der Waals surface area contributed by atoms with Gasteiger partial charge in [-0.2, -0.15) is 5.10 Å². The smallest absolute Gasteiger partial charge is 0.172 e. The Morgan fingerprint density at radius 2 is 2.03 bits per heavy atom. The molecule has 2 aromatic carbocycles. The molecule has 2 fully saturated rings. The molecule has 3 heterocycles. The summed E-state index contributed by atoms with van der Waals surface area (Å²) in [6.45, 7) is 4.69. The van der Waals surface area contributed by atoms with Gasteiger partial charge in [0.05, 0.1) is 17.4 Å². The summed E-state index contributed by atoms with van der Waals surface area (Å²) in [6, 6.07) is 16.9. The highest BCUT2D eigenvalue weighted by Gasteiger charge is 2.56. The van der Waals surface area contributed by atoms with Gasteiger partial charge in [0, 0.05) is 47.7 Å². The molecule has 6 rings (SSSR count). The predicted molar refractivity (Wildman–Crippen MR) is 123 cm³/mol. The summed E-state index contributed by atoms with van der Waals surface area (Å²) >= 11 is 0. The second-order valence-electron chi connectivity index (χ2n) is 8.72. The zero-order valence-corrected chi connectivity index (χ0v) is 17.5. The Hall–Kier alpha value is -3.45. The molecule has 7 nitrogen and oxygen atoms in total. The lowest BCUT2D eigenvalue weighted by atomic mass is 10.0. The van der Waals surface area contributed by atoms with Crippen LogP contribution in [-0.2, 0) is 0 Å². The van der Waals surface area contributed by atoms with Gasteiger partial charge >= 0.3 is 0 Å². The van der Waals surface area contributed by atoms with Crippen LogP contribution in [0.4, 0.5) is 11.6 Å². The molecule has 1 unspecified atom stereocenters. The van der Waals surface area contributed by atoms with Crippen LogP contribution in [0.1, 0.15) is 23.6 Å². The molecule has 0 amide bonds. The molecule has 2 aliphatic rings. The molecule has 4 N–H and O–H groups in total. The molecule has 1 saturated heterocycles. The van der Waals surface area contributed by atoms with Crippen molar-refractivity contribution in [3.63, 3.8) is 0 Å². The van der Waals surface area contributed by atoms with E-state index in [1.807, 2.05) is 19.1 Å². The molecule has 1 aliphatic heterocycles. The molecule has 1 spiro atoms. The minimum Gasteiger partial charge on any atom is -0.381 e. The quantitative estimate of drug-likeness (QED) is 0.479. The van der Waals surface area contributed by atoms with Crippen LogP contribution in [0, 0.1) is 6.92 Å². The molecule has 1 saturated carbocycles. The maximum absolute atomic E-state index is 6.30. The molecule has 4 aromatic rings. The van der Waals surface area contributed by atoms with Gasteiger partial charge in [-0.05, 0) is 31.0 Å². The van der Waals surface area contributed by atoms with Gasteiger partial charge in [0.1, 0.15) is 0 Å². The number of aromatic amines is 1. The Morgan fingerprint density at radius 3 is 2.90 bits per heavy atom. The Morgan fingerprint density at radius 1 is 1.16 bits per heavy atom. The number of nitrogen functional groups attached to an aromatic ring is 1. The van der Waals surface area contributed by atoms with E-state index in [0.717, 1.165) is 59.7 Å². The lowest BCUT2D eigenvalue weighted by molar-refractivity contribution is 0.429. The Bertz CT molecular complexity index is 1270. The number of nitrogens with one attached hydrogen (secondary N) is 2. The molecule has 31 heavy (non-hydrogen) atoms. The number of hydrogen-bond acceptors (Lipinski definition) is 6. The SMILES string of the molecule is Cc1[nH]nc2ccc(-c3cnc(N)c(N4CCNC5(C[C@@H]5c5ccccc5)C4)n3)cc12. The first kappa shape index (κ1) is 18.3. The highest BCUT2D eigenvalue weighted by molar-refractivity contribution is 5.86. The van der Waals surface area contributed by atoms with E-state index in [9.17, 15) is 0 Å². The van der Waals surface area contributed by atoms with E-state index in [2.05, 4.69) is 61.8 Å². The summed E-state index contributed by atoms with van der Waals surface area (Å²) in [5.41, 5.74) is 11.6. The van der Waals surface area contributed by atoms with Gasteiger partial charge in [-0.15, -0.1) is 0 Å². The highest BCUT2D eigenvalue weighted by Crippen LogP contribution is 2.53. The maximum atomic E-state index is 6.30. The number of benzene rings is 2. The van der Waals surface area contributed by atoms with Gasteiger partial charge in [-0.25, -0.2) is 9.97 Å². The number of aryl methyl sites for hydroxylation is 1. The van der Waals surface area contributed by atoms with Gasteiger partial charge in [-0.3, -0.25) is 5.10 Å². The van der Waals surface area contributed by atoms with Crippen molar-refractivity contribution < 1.29 is 0 Å². The number of nitrogens with zero attached hydrogens (tertiary/aromatic N) is 4. The molecule has 0 radical (unpaired) electrons. The molecule has 7 heteroatoms. The summed E-state index contributed by atoms with van der Waals surface area (Å²) in [5.74, 6) is 1.79.